The molecule has 1 fully saturated rings. The second kappa shape index (κ2) is 6.56. The van der Waals surface area contributed by atoms with Gasteiger partial charge in [-0.2, -0.15) is 0 Å². The summed E-state index contributed by atoms with van der Waals surface area (Å²) < 4.78 is 5.43. The Labute approximate surface area is 119 Å². The standard InChI is InChI=1S/C14H22N4O2/c1-11-10-18(6-7-20-11)14(19)16-9-12-4-5-15-13(8-12)17(2)3/h4-5,8,11H,6-7,9-10H2,1-3H3,(H,16,19). The zero-order chi connectivity index (χ0) is 14.5. The number of carbonyl (C=O) groups is 1. The maximum absolute atomic E-state index is 12.1. The van der Waals surface area contributed by atoms with E-state index in [4.69, 9.17) is 4.74 Å². The van der Waals surface area contributed by atoms with Gasteiger partial charge >= 0.3 is 6.03 Å². The lowest BCUT2D eigenvalue weighted by Gasteiger charge is -2.31. The fraction of sp³-hybridized carbons (Fsp3) is 0.571. The highest BCUT2D eigenvalue weighted by Gasteiger charge is 2.20. The summed E-state index contributed by atoms with van der Waals surface area (Å²) in [6, 6.07) is 3.85. The molecule has 1 atom stereocenters. The van der Waals surface area contributed by atoms with Gasteiger partial charge in [0.25, 0.3) is 0 Å². The molecule has 2 heterocycles. The molecule has 1 saturated heterocycles. The lowest BCUT2D eigenvalue weighted by Crippen LogP contribution is -2.48. The number of nitrogens with one attached hydrogen (secondary N) is 1. The van der Waals surface area contributed by atoms with E-state index in [9.17, 15) is 4.79 Å². The predicted octanol–water partition coefficient (Wildman–Crippen LogP) is 1.08. The molecule has 2 amide bonds. The molecule has 1 aliphatic rings. The van der Waals surface area contributed by atoms with E-state index in [1.807, 2.05) is 38.1 Å². The molecule has 0 saturated carbocycles. The third kappa shape index (κ3) is 3.84. The second-order valence-electron chi connectivity index (χ2n) is 5.20. The van der Waals surface area contributed by atoms with E-state index >= 15 is 0 Å². The molecule has 0 radical (unpaired) electrons. The predicted molar refractivity (Wildman–Crippen MR) is 77.8 cm³/mol. The number of morpholine rings is 1. The Bertz CT molecular complexity index is 464. The van der Waals surface area contributed by atoms with Crippen molar-refractivity contribution in [1.29, 1.82) is 0 Å². The van der Waals surface area contributed by atoms with Gasteiger partial charge < -0.3 is 19.9 Å². The summed E-state index contributed by atoms with van der Waals surface area (Å²) in [5.74, 6) is 0.886. The number of ether oxygens (including phenoxy) is 1. The minimum atomic E-state index is -0.0386. The zero-order valence-corrected chi connectivity index (χ0v) is 12.3. The van der Waals surface area contributed by atoms with Crippen LogP contribution in [0.25, 0.3) is 0 Å². The summed E-state index contributed by atoms with van der Waals surface area (Å²) in [4.78, 5) is 20.1. The van der Waals surface area contributed by atoms with Crippen LogP contribution in [0, 0.1) is 0 Å². The van der Waals surface area contributed by atoms with Crippen LogP contribution in [0.15, 0.2) is 18.3 Å². The molecule has 0 bridgehead atoms. The Morgan fingerprint density at radius 2 is 2.40 bits per heavy atom. The molecule has 1 N–H and O–H groups in total. The summed E-state index contributed by atoms with van der Waals surface area (Å²) in [6.07, 6.45) is 1.86. The number of anilines is 1. The molecule has 6 heteroatoms. The molecule has 2 rings (SSSR count). The lowest BCUT2D eigenvalue weighted by atomic mass is 10.2. The van der Waals surface area contributed by atoms with Crippen molar-refractivity contribution in [3.05, 3.63) is 23.9 Å². The molecule has 0 spiro atoms. The maximum atomic E-state index is 12.1. The number of hydrogen-bond donors (Lipinski definition) is 1. The molecular weight excluding hydrogens is 256 g/mol. The van der Waals surface area contributed by atoms with Gasteiger partial charge in [-0.3, -0.25) is 0 Å². The van der Waals surface area contributed by atoms with Crippen LogP contribution in [0.3, 0.4) is 0 Å². The largest absolute Gasteiger partial charge is 0.375 e. The highest BCUT2D eigenvalue weighted by atomic mass is 16.5. The fourth-order valence-corrected chi connectivity index (χ4v) is 2.11. The molecule has 0 aliphatic carbocycles. The molecule has 0 aromatic carbocycles. The first-order valence-corrected chi connectivity index (χ1v) is 6.83. The Morgan fingerprint density at radius 1 is 1.60 bits per heavy atom. The zero-order valence-electron chi connectivity index (χ0n) is 12.3. The monoisotopic (exact) mass is 278 g/mol. The van der Waals surface area contributed by atoms with Crippen molar-refractivity contribution in [1.82, 2.24) is 15.2 Å². The molecule has 1 aliphatic heterocycles. The molecule has 110 valence electrons. The van der Waals surface area contributed by atoms with E-state index in [1.165, 1.54) is 0 Å². The van der Waals surface area contributed by atoms with Gasteiger partial charge in [0.05, 0.1) is 12.7 Å². The van der Waals surface area contributed by atoms with Crippen molar-refractivity contribution < 1.29 is 9.53 Å². The van der Waals surface area contributed by atoms with Gasteiger partial charge in [0.15, 0.2) is 0 Å². The number of rotatable bonds is 3. The summed E-state index contributed by atoms with van der Waals surface area (Å²) in [5, 5.41) is 2.94. The van der Waals surface area contributed by atoms with Crippen molar-refractivity contribution in [2.24, 2.45) is 0 Å². The Morgan fingerprint density at radius 3 is 3.10 bits per heavy atom. The SMILES string of the molecule is CC1CN(C(=O)NCc2ccnc(N(C)C)c2)CCO1. The molecule has 1 unspecified atom stereocenters. The van der Waals surface area contributed by atoms with Crippen LogP contribution in [0.5, 0.6) is 0 Å². The van der Waals surface area contributed by atoms with Crippen LogP contribution in [-0.4, -0.2) is 55.8 Å². The quantitative estimate of drug-likeness (QED) is 0.899. The highest BCUT2D eigenvalue weighted by molar-refractivity contribution is 5.74. The first-order chi connectivity index (χ1) is 9.56. The van der Waals surface area contributed by atoms with E-state index in [-0.39, 0.29) is 12.1 Å². The molecular formula is C14H22N4O2. The van der Waals surface area contributed by atoms with E-state index in [0.29, 0.717) is 26.2 Å². The second-order valence-corrected chi connectivity index (χ2v) is 5.20. The summed E-state index contributed by atoms with van der Waals surface area (Å²) in [5.41, 5.74) is 1.04. The molecule has 1 aromatic rings. The van der Waals surface area contributed by atoms with Gasteiger partial charge in [0, 0.05) is 39.9 Å². The third-order valence-corrected chi connectivity index (χ3v) is 3.24. The van der Waals surface area contributed by atoms with E-state index in [1.54, 1.807) is 11.1 Å². The number of hydrogen-bond acceptors (Lipinski definition) is 4. The highest BCUT2D eigenvalue weighted by Crippen LogP contribution is 2.10. The average Bonchev–Trinajstić information content (AvgIpc) is 2.45. The van der Waals surface area contributed by atoms with Crippen LogP contribution in [-0.2, 0) is 11.3 Å². The number of carbonyl (C=O) groups excluding carboxylic acids is 1. The van der Waals surface area contributed by atoms with Gasteiger partial charge in [-0.05, 0) is 24.6 Å². The molecule has 6 nitrogen and oxygen atoms in total. The smallest absolute Gasteiger partial charge is 0.317 e. The van der Waals surface area contributed by atoms with Crippen molar-refractivity contribution >= 4 is 11.8 Å². The van der Waals surface area contributed by atoms with E-state index in [2.05, 4.69) is 10.3 Å². The molecule has 20 heavy (non-hydrogen) atoms. The number of urea groups is 1. The Kier molecular flexibility index (Phi) is 4.79. The average molecular weight is 278 g/mol. The number of aromatic nitrogens is 1. The molecule has 1 aromatic heterocycles. The van der Waals surface area contributed by atoms with Crippen LogP contribution >= 0.6 is 0 Å². The summed E-state index contributed by atoms with van der Waals surface area (Å²) >= 11 is 0. The van der Waals surface area contributed by atoms with E-state index < -0.39 is 0 Å². The van der Waals surface area contributed by atoms with E-state index in [0.717, 1.165) is 11.4 Å². The Balaban J connectivity index is 1.88. The number of pyridine rings is 1. The van der Waals surface area contributed by atoms with Gasteiger partial charge in [-0.15, -0.1) is 0 Å². The fourth-order valence-electron chi connectivity index (χ4n) is 2.11. The first-order valence-electron chi connectivity index (χ1n) is 6.83. The van der Waals surface area contributed by atoms with Gasteiger partial charge in [-0.1, -0.05) is 0 Å². The van der Waals surface area contributed by atoms with Crippen LogP contribution in [0.1, 0.15) is 12.5 Å². The summed E-state index contributed by atoms with van der Waals surface area (Å²) in [7, 11) is 3.89. The van der Waals surface area contributed by atoms with Crippen molar-refractivity contribution in [2.75, 3.05) is 38.7 Å². The van der Waals surface area contributed by atoms with Crippen LogP contribution in [0.2, 0.25) is 0 Å². The van der Waals surface area contributed by atoms with Gasteiger partial charge in [0.2, 0.25) is 0 Å². The first kappa shape index (κ1) is 14.6. The van der Waals surface area contributed by atoms with Crippen LogP contribution < -0.4 is 10.2 Å². The third-order valence-electron chi connectivity index (χ3n) is 3.24. The number of amides is 2. The summed E-state index contributed by atoms with van der Waals surface area (Å²) in [6.45, 7) is 4.38. The van der Waals surface area contributed by atoms with Crippen molar-refractivity contribution in [3.8, 4) is 0 Å². The number of nitrogens with zero attached hydrogens (tertiary/aromatic N) is 3. The minimum Gasteiger partial charge on any atom is -0.375 e. The lowest BCUT2D eigenvalue weighted by molar-refractivity contribution is -0.00351. The van der Waals surface area contributed by atoms with Crippen LogP contribution in [0.4, 0.5) is 10.6 Å². The minimum absolute atomic E-state index is 0.0386. The Hall–Kier alpha value is -1.82. The maximum Gasteiger partial charge on any atom is 0.317 e. The van der Waals surface area contributed by atoms with Gasteiger partial charge in [-0.25, -0.2) is 9.78 Å². The normalized spacial score (nSPS) is 18.8. The van der Waals surface area contributed by atoms with Crippen molar-refractivity contribution in [2.45, 2.75) is 19.6 Å². The topological polar surface area (TPSA) is 57.7 Å². The van der Waals surface area contributed by atoms with Crippen molar-refractivity contribution in [3.63, 3.8) is 0 Å². The van der Waals surface area contributed by atoms with Gasteiger partial charge in [0.1, 0.15) is 5.82 Å².